The second-order valence-electron chi connectivity index (χ2n) is 2.51. The lowest BCUT2D eigenvalue weighted by atomic mass is 10.1. The van der Waals surface area contributed by atoms with Gasteiger partial charge in [-0.15, -0.1) is 0 Å². The van der Waals surface area contributed by atoms with Crippen molar-refractivity contribution in [2.24, 2.45) is 0 Å². The molecule has 14 heavy (non-hydrogen) atoms. The Morgan fingerprint density at radius 2 is 2.29 bits per heavy atom. The van der Waals surface area contributed by atoms with Gasteiger partial charge in [0.05, 0.1) is 12.5 Å². The summed E-state index contributed by atoms with van der Waals surface area (Å²) in [5.74, 6) is 0. The zero-order valence-corrected chi connectivity index (χ0v) is 7.61. The number of hydrogen-bond acceptors (Lipinski definition) is 2. The number of nitrogens with one attached hydrogen (secondary N) is 1. The molecule has 0 atom stereocenters. The molecule has 1 aromatic rings. The van der Waals surface area contributed by atoms with Crippen molar-refractivity contribution >= 4 is 11.6 Å². The Balaban J connectivity index is 3.39. The Morgan fingerprint density at radius 1 is 1.64 bits per heavy atom. The van der Waals surface area contributed by atoms with Crippen LogP contribution in [-0.2, 0) is 6.42 Å². The van der Waals surface area contributed by atoms with Gasteiger partial charge in [0.2, 0.25) is 0 Å². The molecule has 0 aliphatic heterocycles. The molecule has 1 rings (SSSR count). The fourth-order valence-corrected chi connectivity index (χ4v) is 1.28. The number of pyridine rings is 1. The normalized spacial score (nSPS) is 10.2. The molecule has 0 aliphatic carbocycles. The summed E-state index contributed by atoms with van der Waals surface area (Å²) in [6.45, 7) is 0. The Labute approximate surface area is 82.9 Å². The number of hydrogen-bond donors (Lipinski definition) is 1. The maximum atomic E-state index is 12.4. The van der Waals surface area contributed by atoms with E-state index in [9.17, 15) is 13.6 Å². The van der Waals surface area contributed by atoms with Gasteiger partial charge in [0.15, 0.2) is 0 Å². The van der Waals surface area contributed by atoms with Crippen molar-refractivity contribution in [3.63, 3.8) is 0 Å². The largest absolute Gasteiger partial charge is 0.327 e. The van der Waals surface area contributed by atoms with Crippen LogP contribution in [0.1, 0.15) is 17.6 Å². The zero-order chi connectivity index (χ0) is 10.7. The van der Waals surface area contributed by atoms with Crippen LogP contribution in [-0.4, -0.2) is 4.98 Å². The van der Waals surface area contributed by atoms with Crippen LogP contribution in [0.25, 0.3) is 0 Å². The van der Waals surface area contributed by atoms with Crippen molar-refractivity contribution in [2.45, 2.75) is 12.8 Å². The molecule has 3 nitrogen and oxygen atoms in total. The minimum Gasteiger partial charge on any atom is -0.327 e. The molecular weight excluding hydrogens is 214 g/mol. The van der Waals surface area contributed by atoms with Gasteiger partial charge < -0.3 is 4.98 Å². The first kappa shape index (κ1) is 10.7. The number of aromatic amines is 1. The number of rotatable bonds is 2. The number of H-pyrrole nitrogens is 1. The van der Waals surface area contributed by atoms with E-state index in [1.807, 2.05) is 0 Å². The molecule has 6 heteroatoms. The van der Waals surface area contributed by atoms with Crippen LogP contribution < -0.4 is 5.56 Å². The van der Waals surface area contributed by atoms with Crippen LogP contribution in [0.2, 0.25) is 5.02 Å². The lowest BCUT2D eigenvalue weighted by molar-refractivity contribution is 0.150. The Hall–Kier alpha value is -1.41. The van der Waals surface area contributed by atoms with Gasteiger partial charge in [0.25, 0.3) is 12.0 Å². The van der Waals surface area contributed by atoms with E-state index in [2.05, 4.69) is 4.98 Å². The van der Waals surface area contributed by atoms with Gasteiger partial charge in [0, 0.05) is 11.8 Å². The standard InChI is InChI=1S/C8H5ClF2N2O/c9-6-5(7(10)11)4(1-2-12)3-13-8(6)14/h3,7H,1H2,(H,13,14). The lowest BCUT2D eigenvalue weighted by Gasteiger charge is -2.06. The third-order valence-electron chi connectivity index (χ3n) is 1.65. The molecule has 0 aromatic carbocycles. The van der Waals surface area contributed by atoms with E-state index in [1.165, 1.54) is 0 Å². The van der Waals surface area contributed by atoms with Gasteiger partial charge in [-0.05, 0) is 5.56 Å². The first-order valence-corrected chi connectivity index (χ1v) is 4.00. The van der Waals surface area contributed by atoms with Crippen LogP contribution in [0.15, 0.2) is 11.0 Å². The predicted molar refractivity (Wildman–Crippen MR) is 46.3 cm³/mol. The molecule has 1 aromatic heterocycles. The van der Waals surface area contributed by atoms with Crippen LogP contribution in [0.4, 0.5) is 8.78 Å². The van der Waals surface area contributed by atoms with Crippen LogP contribution in [0.3, 0.4) is 0 Å². The highest BCUT2D eigenvalue weighted by Crippen LogP contribution is 2.27. The SMILES string of the molecule is N#CCc1c[nH]c(=O)c(Cl)c1C(F)F. The van der Waals surface area contributed by atoms with E-state index in [-0.39, 0.29) is 12.0 Å². The molecule has 0 spiro atoms. The zero-order valence-electron chi connectivity index (χ0n) is 6.85. The third-order valence-corrected chi connectivity index (χ3v) is 2.02. The van der Waals surface area contributed by atoms with Gasteiger partial charge in [-0.3, -0.25) is 4.79 Å². The summed E-state index contributed by atoms with van der Waals surface area (Å²) in [4.78, 5) is 13.1. The molecule has 0 saturated heterocycles. The van der Waals surface area contributed by atoms with Crippen molar-refractivity contribution in [1.29, 1.82) is 5.26 Å². The maximum absolute atomic E-state index is 12.4. The molecule has 0 fully saturated rings. The van der Waals surface area contributed by atoms with Crippen molar-refractivity contribution in [3.8, 4) is 6.07 Å². The fourth-order valence-electron chi connectivity index (χ4n) is 1.02. The molecule has 0 saturated carbocycles. The maximum Gasteiger partial charge on any atom is 0.267 e. The van der Waals surface area contributed by atoms with E-state index in [1.54, 1.807) is 6.07 Å². The smallest absolute Gasteiger partial charge is 0.267 e. The predicted octanol–water partition coefficient (Wildman–Crippen LogP) is 2.03. The van der Waals surface area contributed by atoms with Crippen molar-refractivity contribution in [1.82, 2.24) is 4.98 Å². The number of halogens is 3. The molecular formula is C8H5ClF2N2O. The van der Waals surface area contributed by atoms with E-state index < -0.39 is 22.6 Å². The summed E-state index contributed by atoms with van der Waals surface area (Å²) in [7, 11) is 0. The molecule has 1 heterocycles. The first-order valence-electron chi connectivity index (χ1n) is 3.63. The Morgan fingerprint density at radius 3 is 2.79 bits per heavy atom. The monoisotopic (exact) mass is 218 g/mol. The fraction of sp³-hybridized carbons (Fsp3) is 0.250. The third kappa shape index (κ3) is 1.91. The van der Waals surface area contributed by atoms with Gasteiger partial charge in [0.1, 0.15) is 5.02 Å². The summed E-state index contributed by atoms with van der Waals surface area (Å²) in [5, 5.41) is 7.81. The molecule has 0 aliphatic rings. The van der Waals surface area contributed by atoms with Gasteiger partial charge in [-0.25, -0.2) is 8.78 Å². The molecule has 0 radical (unpaired) electrons. The van der Waals surface area contributed by atoms with Crippen LogP contribution >= 0.6 is 11.6 Å². The van der Waals surface area contributed by atoms with Crippen LogP contribution in [0, 0.1) is 11.3 Å². The van der Waals surface area contributed by atoms with Crippen molar-refractivity contribution in [2.75, 3.05) is 0 Å². The Bertz CT molecular complexity index is 436. The number of nitrogens with zero attached hydrogens (tertiary/aromatic N) is 1. The van der Waals surface area contributed by atoms with Gasteiger partial charge in [-0.1, -0.05) is 11.6 Å². The quantitative estimate of drug-likeness (QED) is 0.826. The summed E-state index contributed by atoms with van der Waals surface area (Å²) in [6.07, 6.45) is -1.98. The molecule has 0 unspecified atom stereocenters. The van der Waals surface area contributed by atoms with E-state index in [0.29, 0.717) is 0 Å². The number of alkyl halides is 2. The number of nitriles is 1. The first-order chi connectivity index (χ1) is 6.57. The molecule has 1 N–H and O–H groups in total. The second kappa shape index (κ2) is 4.20. The van der Waals surface area contributed by atoms with Crippen molar-refractivity contribution in [3.05, 3.63) is 32.7 Å². The summed E-state index contributed by atoms with van der Waals surface area (Å²) in [6, 6.07) is 1.71. The van der Waals surface area contributed by atoms with E-state index in [0.717, 1.165) is 6.20 Å². The van der Waals surface area contributed by atoms with E-state index >= 15 is 0 Å². The minimum atomic E-state index is -2.85. The summed E-state index contributed by atoms with van der Waals surface area (Å²) in [5.41, 5.74) is -1.28. The van der Waals surface area contributed by atoms with E-state index in [4.69, 9.17) is 16.9 Å². The highest BCUT2D eigenvalue weighted by atomic mass is 35.5. The van der Waals surface area contributed by atoms with Gasteiger partial charge in [-0.2, -0.15) is 5.26 Å². The Kier molecular flexibility index (Phi) is 3.20. The topological polar surface area (TPSA) is 56.6 Å². The van der Waals surface area contributed by atoms with Gasteiger partial charge >= 0.3 is 0 Å². The highest BCUT2D eigenvalue weighted by Gasteiger charge is 2.19. The number of aromatic nitrogens is 1. The molecule has 0 bridgehead atoms. The van der Waals surface area contributed by atoms with Crippen molar-refractivity contribution < 1.29 is 8.78 Å². The highest BCUT2D eigenvalue weighted by molar-refractivity contribution is 6.31. The molecule has 74 valence electrons. The molecule has 0 amide bonds. The summed E-state index contributed by atoms with van der Waals surface area (Å²) < 4.78 is 24.9. The minimum absolute atomic E-state index is 0.0482. The van der Waals surface area contributed by atoms with Crippen LogP contribution in [0.5, 0.6) is 0 Å². The lowest BCUT2D eigenvalue weighted by Crippen LogP contribution is -2.11. The average Bonchev–Trinajstić information content (AvgIpc) is 2.11. The average molecular weight is 219 g/mol. The summed E-state index contributed by atoms with van der Waals surface area (Å²) >= 11 is 5.40. The second-order valence-corrected chi connectivity index (χ2v) is 2.88.